The van der Waals surface area contributed by atoms with E-state index in [-0.39, 0.29) is 39.9 Å². The molecule has 0 amide bonds. The highest BCUT2D eigenvalue weighted by Crippen LogP contribution is 2.33. The van der Waals surface area contributed by atoms with E-state index < -0.39 is 16.0 Å². The molecule has 1 aromatic rings. The number of methoxy groups -OCH3 is 2. The molecule has 21 heavy (non-hydrogen) atoms. The zero-order valence-electron chi connectivity index (χ0n) is 11.5. The lowest BCUT2D eigenvalue weighted by Gasteiger charge is -2.21. The lowest BCUT2D eigenvalue weighted by molar-refractivity contribution is 0.0702. The summed E-state index contributed by atoms with van der Waals surface area (Å²) in [5.74, 6) is -1.16. The summed E-state index contributed by atoms with van der Waals surface area (Å²) >= 11 is 3.98. The molecule has 10 heteroatoms. The van der Waals surface area contributed by atoms with Crippen LogP contribution in [0, 0.1) is 0 Å². The molecule has 0 atom stereocenters. The van der Waals surface area contributed by atoms with E-state index in [0.717, 1.165) is 17.4 Å². The first-order valence-electron chi connectivity index (χ1n) is 5.85. The van der Waals surface area contributed by atoms with Crippen molar-refractivity contribution in [3.8, 4) is 0 Å². The van der Waals surface area contributed by atoms with Gasteiger partial charge in [-0.3, -0.25) is 0 Å². The second kappa shape index (κ2) is 8.20. The Kier molecular flexibility index (Phi) is 7.24. The van der Waals surface area contributed by atoms with Crippen LogP contribution in [0.2, 0.25) is 0 Å². The van der Waals surface area contributed by atoms with E-state index in [0.29, 0.717) is 0 Å². The fourth-order valence-electron chi connectivity index (χ4n) is 1.51. The first-order valence-corrected chi connectivity index (χ1v) is 8.90. The number of carboxylic acid groups (broad SMARTS) is 1. The average molecular weight is 402 g/mol. The predicted octanol–water partition coefficient (Wildman–Crippen LogP) is 1.49. The number of hydrogen-bond donors (Lipinski definition) is 1. The Morgan fingerprint density at radius 1 is 1.33 bits per heavy atom. The fraction of sp³-hybridized carbons (Fsp3) is 0.545. The van der Waals surface area contributed by atoms with E-state index in [1.54, 1.807) is 0 Å². The Bertz CT molecular complexity index is 578. The third-order valence-corrected chi connectivity index (χ3v) is 6.71. The van der Waals surface area contributed by atoms with Crippen LogP contribution in [-0.4, -0.2) is 64.3 Å². The molecule has 0 aliphatic rings. The zero-order valence-corrected chi connectivity index (χ0v) is 14.8. The average Bonchev–Trinajstić information content (AvgIpc) is 2.81. The van der Waals surface area contributed by atoms with Gasteiger partial charge in [-0.1, -0.05) is 0 Å². The van der Waals surface area contributed by atoms with Crippen molar-refractivity contribution < 1.29 is 27.8 Å². The Labute approximate surface area is 135 Å². The Morgan fingerprint density at radius 2 is 1.86 bits per heavy atom. The van der Waals surface area contributed by atoms with Crippen LogP contribution in [0.4, 0.5) is 0 Å². The molecule has 0 fully saturated rings. The summed E-state index contributed by atoms with van der Waals surface area (Å²) in [5.41, 5.74) is 0. The summed E-state index contributed by atoms with van der Waals surface area (Å²) in [5, 5.41) is 8.95. The highest BCUT2D eigenvalue weighted by molar-refractivity contribution is 9.11. The molecule has 1 rings (SSSR count). The van der Waals surface area contributed by atoms with E-state index in [9.17, 15) is 13.2 Å². The van der Waals surface area contributed by atoms with Gasteiger partial charge in [0.05, 0.1) is 17.0 Å². The van der Waals surface area contributed by atoms with Crippen LogP contribution in [0.5, 0.6) is 0 Å². The molecule has 1 N–H and O–H groups in total. The molecule has 0 radical (unpaired) electrons. The first-order chi connectivity index (χ1) is 9.84. The Hall–Kier alpha value is -0.520. The number of carbonyl (C=O) groups is 1. The maximum absolute atomic E-state index is 12.6. The zero-order chi connectivity index (χ0) is 16.0. The van der Waals surface area contributed by atoms with Gasteiger partial charge in [0.15, 0.2) is 0 Å². The van der Waals surface area contributed by atoms with Crippen LogP contribution in [-0.2, 0) is 19.5 Å². The van der Waals surface area contributed by atoms with E-state index in [2.05, 4.69) is 15.9 Å². The van der Waals surface area contributed by atoms with Gasteiger partial charge in [0.25, 0.3) is 0 Å². The number of nitrogens with zero attached hydrogens (tertiary/aromatic N) is 1. The van der Waals surface area contributed by atoms with Crippen molar-refractivity contribution in [2.75, 3.05) is 40.5 Å². The maximum Gasteiger partial charge on any atom is 0.345 e. The van der Waals surface area contributed by atoms with Gasteiger partial charge in [-0.25, -0.2) is 13.2 Å². The minimum Gasteiger partial charge on any atom is -0.477 e. The van der Waals surface area contributed by atoms with Gasteiger partial charge in [-0.05, 0) is 22.0 Å². The molecule has 0 bridgehead atoms. The molecule has 0 saturated heterocycles. The van der Waals surface area contributed by atoms with Gasteiger partial charge in [0, 0.05) is 27.3 Å². The van der Waals surface area contributed by atoms with Crippen LogP contribution < -0.4 is 0 Å². The van der Waals surface area contributed by atoms with Crippen LogP contribution in [0.15, 0.2) is 14.7 Å². The normalized spacial score (nSPS) is 12.0. The van der Waals surface area contributed by atoms with Gasteiger partial charge < -0.3 is 14.6 Å². The highest BCUT2D eigenvalue weighted by atomic mass is 79.9. The van der Waals surface area contributed by atoms with Gasteiger partial charge in [0.1, 0.15) is 9.77 Å². The summed E-state index contributed by atoms with van der Waals surface area (Å²) in [6.07, 6.45) is 0. The van der Waals surface area contributed by atoms with E-state index in [1.165, 1.54) is 18.5 Å². The summed E-state index contributed by atoms with van der Waals surface area (Å²) < 4.78 is 36.5. The molecule has 1 aromatic heterocycles. The number of aromatic carboxylic acids is 1. The van der Waals surface area contributed by atoms with Gasteiger partial charge >= 0.3 is 5.97 Å². The van der Waals surface area contributed by atoms with Gasteiger partial charge in [0.2, 0.25) is 10.0 Å². The maximum atomic E-state index is 12.6. The number of thiophene rings is 1. The molecular weight excluding hydrogens is 386 g/mol. The summed E-state index contributed by atoms with van der Waals surface area (Å²) in [4.78, 5) is 10.8. The topological polar surface area (TPSA) is 93.1 Å². The molecule has 7 nitrogen and oxygen atoms in total. The van der Waals surface area contributed by atoms with Crippen LogP contribution in [0.25, 0.3) is 0 Å². The molecule has 0 aliphatic carbocycles. The van der Waals surface area contributed by atoms with Crippen molar-refractivity contribution in [2.45, 2.75) is 4.90 Å². The molecule has 1 heterocycles. The molecule has 120 valence electrons. The largest absolute Gasteiger partial charge is 0.477 e. The molecule has 0 unspecified atom stereocenters. The van der Waals surface area contributed by atoms with Gasteiger partial charge in [-0.2, -0.15) is 4.31 Å². The van der Waals surface area contributed by atoms with Gasteiger partial charge in [-0.15, -0.1) is 11.3 Å². The fourth-order valence-corrected chi connectivity index (χ4v) is 5.27. The van der Waals surface area contributed by atoms with E-state index in [4.69, 9.17) is 14.6 Å². The quantitative estimate of drug-likeness (QED) is 0.673. The monoisotopic (exact) mass is 401 g/mol. The van der Waals surface area contributed by atoms with Crippen molar-refractivity contribution in [1.82, 2.24) is 4.31 Å². The predicted molar refractivity (Wildman–Crippen MR) is 81.5 cm³/mol. The number of carboxylic acids is 1. The summed E-state index contributed by atoms with van der Waals surface area (Å²) in [6, 6.07) is 1.15. The smallest absolute Gasteiger partial charge is 0.345 e. The lowest BCUT2D eigenvalue weighted by Crippen LogP contribution is -2.36. The van der Waals surface area contributed by atoms with Crippen molar-refractivity contribution in [2.24, 2.45) is 0 Å². The third kappa shape index (κ3) is 4.73. The first kappa shape index (κ1) is 18.5. The summed E-state index contributed by atoms with van der Waals surface area (Å²) in [6.45, 7) is 0.784. The van der Waals surface area contributed by atoms with Crippen molar-refractivity contribution in [3.05, 3.63) is 14.7 Å². The third-order valence-electron chi connectivity index (χ3n) is 2.57. The highest BCUT2D eigenvalue weighted by Gasteiger charge is 2.29. The van der Waals surface area contributed by atoms with Crippen molar-refractivity contribution >= 4 is 43.3 Å². The summed E-state index contributed by atoms with van der Waals surface area (Å²) in [7, 11) is -0.863. The van der Waals surface area contributed by atoms with E-state index >= 15 is 0 Å². The van der Waals surface area contributed by atoms with Crippen LogP contribution >= 0.6 is 27.3 Å². The standard InChI is InChI=1S/C11H16BrNO6S2/c1-18-5-3-13(4-6-19-2)21(16,17)9-7-8(11(14)15)20-10(9)12/h7H,3-6H2,1-2H3,(H,14,15). The lowest BCUT2D eigenvalue weighted by atomic mass is 10.5. The van der Waals surface area contributed by atoms with E-state index in [1.807, 2.05) is 0 Å². The number of rotatable bonds is 9. The molecule has 0 aromatic carbocycles. The molecule has 0 spiro atoms. The van der Waals surface area contributed by atoms with Crippen LogP contribution in [0.3, 0.4) is 0 Å². The Balaban J connectivity index is 3.11. The second-order valence-corrected chi connectivity index (χ2v) is 8.22. The number of halogens is 1. The van der Waals surface area contributed by atoms with Crippen molar-refractivity contribution in [3.63, 3.8) is 0 Å². The number of ether oxygens (including phenoxy) is 2. The molecular formula is C11H16BrNO6S2. The Morgan fingerprint density at radius 3 is 2.24 bits per heavy atom. The minimum absolute atomic E-state index is 0.0427. The van der Waals surface area contributed by atoms with Crippen LogP contribution in [0.1, 0.15) is 9.67 Å². The second-order valence-electron chi connectivity index (χ2n) is 3.94. The molecule has 0 aliphatic heterocycles. The number of sulfonamides is 1. The SMILES string of the molecule is COCCN(CCOC)S(=O)(=O)c1cc(C(=O)O)sc1Br. The minimum atomic E-state index is -3.82. The number of hydrogen-bond acceptors (Lipinski definition) is 6. The van der Waals surface area contributed by atoms with Crippen molar-refractivity contribution in [1.29, 1.82) is 0 Å². The molecule has 0 saturated carbocycles.